The largest absolute Gasteiger partial charge is 0.192 e. The van der Waals surface area contributed by atoms with E-state index in [0.29, 0.717) is 11.5 Å². The zero-order valence-electron chi connectivity index (χ0n) is 7.96. The molecule has 0 aliphatic carbocycles. The van der Waals surface area contributed by atoms with E-state index in [9.17, 15) is 0 Å². The Morgan fingerprint density at radius 3 is 2.54 bits per heavy atom. The van der Waals surface area contributed by atoms with Crippen LogP contribution in [0.5, 0.6) is 0 Å². The predicted octanol–water partition coefficient (Wildman–Crippen LogP) is 3.02. The van der Waals surface area contributed by atoms with E-state index in [4.69, 9.17) is 5.26 Å². The number of benzene rings is 1. The third-order valence-electron chi connectivity index (χ3n) is 2.02. The molecule has 0 fully saturated rings. The van der Waals surface area contributed by atoms with Crippen molar-refractivity contribution in [3.63, 3.8) is 0 Å². The standard InChI is InChI=1S/C12H12N/c1-4-10-6-5-7-11(9(2)3)12(10)8-13/h5-7,9H,1H2,2-3H3. The van der Waals surface area contributed by atoms with Crippen molar-refractivity contribution in [2.45, 2.75) is 19.8 Å². The molecule has 0 saturated carbocycles. The van der Waals surface area contributed by atoms with Crippen molar-refractivity contribution in [1.82, 2.24) is 0 Å². The number of rotatable bonds is 2. The maximum atomic E-state index is 8.96. The average Bonchev–Trinajstić information content (AvgIpc) is 2.16. The second-order valence-corrected chi connectivity index (χ2v) is 3.21. The Morgan fingerprint density at radius 2 is 2.08 bits per heavy atom. The minimum absolute atomic E-state index is 0.364. The highest BCUT2D eigenvalue weighted by Crippen LogP contribution is 2.21. The Kier molecular flexibility index (Phi) is 2.87. The van der Waals surface area contributed by atoms with E-state index < -0.39 is 0 Å². The highest BCUT2D eigenvalue weighted by atomic mass is 14.3. The lowest BCUT2D eigenvalue weighted by Gasteiger charge is -2.08. The minimum atomic E-state index is 0.364. The molecular weight excluding hydrogens is 158 g/mol. The van der Waals surface area contributed by atoms with Crippen molar-refractivity contribution >= 4 is 0 Å². The van der Waals surface area contributed by atoms with Gasteiger partial charge in [0.2, 0.25) is 0 Å². The van der Waals surface area contributed by atoms with Gasteiger partial charge in [-0.2, -0.15) is 5.26 Å². The fourth-order valence-corrected chi connectivity index (χ4v) is 1.32. The fraction of sp³-hybridized carbons (Fsp3) is 0.250. The molecule has 1 heteroatoms. The lowest BCUT2D eigenvalue weighted by molar-refractivity contribution is 0.861. The van der Waals surface area contributed by atoms with E-state index in [-0.39, 0.29) is 0 Å². The maximum absolute atomic E-state index is 8.96. The summed E-state index contributed by atoms with van der Waals surface area (Å²) < 4.78 is 0. The van der Waals surface area contributed by atoms with Crippen LogP contribution in [0.2, 0.25) is 0 Å². The molecule has 1 rings (SSSR count). The monoisotopic (exact) mass is 170 g/mol. The minimum Gasteiger partial charge on any atom is -0.192 e. The summed E-state index contributed by atoms with van der Waals surface area (Å²) in [7, 11) is 0. The number of nitrogens with zero attached hydrogens (tertiary/aromatic N) is 1. The highest BCUT2D eigenvalue weighted by molar-refractivity contribution is 5.48. The first-order valence-corrected chi connectivity index (χ1v) is 4.26. The molecule has 0 aliphatic rings. The molecular formula is C12H12N. The van der Waals surface area contributed by atoms with Crippen LogP contribution in [0.1, 0.15) is 36.5 Å². The Labute approximate surface area is 79.3 Å². The summed E-state index contributed by atoms with van der Waals surface area (Å²) in [4.78, 5) is 0. The molecule has 65 valence electrons. The summed E-state index contributed by atoms with van der Waals surface area (Å²) >= 11 is 0. The Balaban J connectivity index is 3.37. The van der Waals surface area contributed by atoms with Crippen molar-refractivity contribution in [1.29, 1.82) is 5.26 Å². The normalized spacial score (nSPS) is 9.69. The molecule has 0 aromatic heterocycles. The summed E-state index contributed by atoms with van der Waals surface area (Å²) in [6, 6.07) is 7.96. The van der Waals surface area contributed by atoms with Crippen LogP contribution >= 0.6 is 0 Å². The van der Waals surface area contributed by atoms with Gasteiger partial charge in [-0.25, -0.2) is 0 Å². The molecule has 1 aromatic rings. The van der Waals surface area contributed by atoms with E-state index in [1.54, 1.807) is 0 Å². The van der Waals surface area contributed by atoms with Crippen LogP contribution in [0.25, 0.3) is 0 Å². The first kappa shape index (κ1) is 9.54. The third kappa shape index (κ3) is 1.78. The van der Waals surface area contributed by atoms with Crippen LogP contribution in [-0.4, -0.2) is 0 Å². The number of hydrogen-bond acceptors (Lipinski definition) is 1. The van der Waals surface area contributed by atoms with Crippen molar-refractivity contribution in [3.05, 3.63) is 47.5 Å². The molecule has 0 saturated heterocycles. The van der Waals surface area contributed by atoms with Gasteiger partial charge in [-0.1, -0.05) is 38.6 Å². The molecule has 0 spiro atoms. The fourth-order valence-electron chi connectivity index (χ4n) is 1.32. The lowest BCUT2D eigenvalue weighted by atomic mass is 9.94. The Bertz CT molecular complexity index is 356. The quantitative estimate of drug-likeness (QED) is 0.669. The first-order chi connectivity index (χ1) is 6.20. The van der Waals surface area contributed by atoms with Gasteiger partial charge >= 0.3 is 0 Å². The van der Waals surface area contributed by atoms with Gasteiger partial charge in [-0.05, 0) is 23.1 Å². The van der Waals surface area contributed by atoms with Crippen molar-refractivity contribution in [2.24, 2.45) is 0 Å². The van der Waals surface area contributed by atoms with Crippen LogP contribution in [0.4, 0.5) is 0 Å². The maximum Gasteiger partial charge on any atom is 0.100 e. The van der Waals surface area contributed by atoms with E-state index in [2.05, 4.69) is 32.6 Å². The van der Waals surface area contributed by atoms with Gasteiger partial charge in [-0.3, -0.25) is 0 Å². The zero-order valence-corrected chi connectivity index (χ0v) is 7.96. The van der Waals surface area contributed by atoms with Crippen LogP contribution in [-0.2, 0) is 0 Å². The molecule has 0 aliphatic heterocycles. The van der Waals surface area contributed by atoms with Gasteiger partial charge < -0.3 is 0 Å². The SMILES string of the molecule is C=[C]c1cccc(C(C)C)c1C#N. The number of hydrogen-bond donors (Lipinski definition) is 0. The van der Waals surface area contributed by atoms with Crippen molar-refractivity contribution in [2.75, 3.05) is 0 Å². The molecule has 0 amide bonds. The molecule has 1 aromatic carbocycles. The second kappa shape index (κ2) is 3.91. The van der Waals surface area contributed by atoms with Gasteiger partial charge in [0.05, 0.1) is 5.56 Å². The average molecular weight is 170 g/mol. The Morgan fingerprint density at radius 1 is 1.38 bits per heavy atom. The topological polar surface area (TPSA) is 23.8 Å². The van der Waals surface area contributed by atoms with Crippen LogP contribution in [0.3, 0.4) is 0 Å². The number of nitriles is 1. The van der Waals surface area contributed by atoms with Gasteiger partial charge in [0.25, 0.3) is 0 Å². The smallest absolute Gasteiger partial charge is 0.100 e. The molecule has 0 N–H and O–H groups in total. The van der Waals surface area contributed by atoms with Crippen LogP contribution in [0, 0.1) is 17.4 Å². The van der Waals surface area contributed by atoms with E-state index in [1.807, 2.05) is 18.2 Å². The van der Waals surface area contributed by atoms with E-state index in [0.717, 1.165) is 11.1 Å². The lowest BCUT2D eigenvalue weighted by Crippen LogP contribution is -1.95. The molecule has 13 heavy (non-hydrogen) atoms. The summed E-state index contributed by atoms with van der Waals surface area (Å²) in [6.45, 7) is 7.71. The van der Waals surface area contributed by atoms with Gasteiger partial charge in [0.15, 0.2) is 0 Å². The van der Waals surface area contributed by atoms with Gasteiger partial charge in [-0.15, -0.1) is 0 Å². The third-order valence-corrected chi connectivity index (χ3v) is 2.02. The predicted molar refractivity (Wildman–Crippen MR) is 53.2 cm³/mol. The molecule has 0 bridgehead atoms. The zero-order chi connectivity index (χ0) is 9.84. The summed E-state index contributed by atoms with van der Waals surface area (Å²) in [5, 5.41) is 8.96. The van der Waals surface area contributed by atoms with Gasteiger partial charge in [0.1, 0.15) is 6.07 Å². The molecule has 1 nitrogen and oxygen atoms in total. The molecule has 0 atom stereocenters. The second-order valence-electron chi connectivity index (χ2n) is 3.21. The van der Waals surface area contributed by atoms with Crippen LogP contribution in [0.15, 0.2) is 24.8 Å². The van der Waals surface area contributed by atoms with E-state index in [1.165, 1.54) is 0 Å². The first-order valence-electron chi connectivity index (χ1n) is 4.26. The van der Waals surface area contributed by atoms with Crippen molar-refractivity contribution in [3.8, 4) is 6.07 Å². The summed E-state index contributed by atoms with van der Waals surface area (Å²) in [5.41, 5.74) is 2.57. The summed E-state index contributed by atoms with van der Waals surface area (Å²) in [6.07, 6.45) is 2.77. The van der Waals surface area contributed by atoms with Gasteiger partial charge in [0, 0.05) is 0 Å². The molecule has 1 radical (unpaired) electrons. The van der Waals surface area contributed by atoms with Crippen molar-refractivity contribution < 1.29 is 0 Å². The molecule has 0 unspecified atom stereocenters. The highest BCUT2D eigenvalue weighted by Gasteiger charge is 2.08. The van der Waals surface area contributed by atoms with Crippen LogP contribution < -0.4 is 0 Å². The summed E-state index contributed by atoms with van der Waals surface area (Å²) in [5.74, 6) is 0.364. The van der Waals surface area contributed by atoms with E-state index >= 15 is 0 Å². The molecule has 0 heterocycles. The Hall–Kier alpha value is -1.55.